The Morgan fingerprint density at radius 3 is 2.63 bits per heavy atom. The van der Waals surface area contributed by atoms with Crippen LogP contribution in [0.25, 0.3) is 0 Å². The van der Waals surface area contributed by atoms with Crippen LogP contribution in [0.4, 0.5) is 5.82 Å². The zero-order valence-electron chi connectivity index (χ0n) is 12.1. The fraction of sp³-hybridized carbons (Fsp3) is 0.667. The van der Waals surface area contributed by atoms with Crippen LogP contribution in [0.1, 0.15) is 45.2 Å². The van der Waals surface area contributed by atoms with E-state index in [4.69, 9.17) is 16.6 Å². The van der Waals surface area contributed by atoms with Crippen molar-refractivity contribution in [2.75, 3.05) is 11.9 Å². The maximum absolute atomic E-state index is 6.23. The van der Waals surface area contributed by atoms with Gasteiger partial charge in [-0.1, -0.05) is 25.4 Å². The van der Waals surface area contributed by atoms with Gasteiger partial charge in [0.25, 0.3) is 0 Å². The molecule has 0 saturated heterocycles. The van der Waals surface area contributed by atoms with Gasteiger partial charge in [-0.25, -0.2) is 4.98 Å². The number of halogens is 1. The van der Waals surface area contributed by atoms with E-state index in [9.17, 15) is 0 Å². The summed E-state index contributed by atoms with van der Waals surface area (Å²) in [4.78, 5) is 6.98. The predicted octanol–water partition coefficient (Wildman–Crippen LogP) is 3.61. The second-order valence-electron chi connectivity index (χ2n) is 5.33. The molecule has 19 heavy (non-hydrogen) atoms. The molecular formula is C15H24ClN3. The maximum atomic E-state index is 6.23. The molecule has 0 spiro atoms. The summed E-state index contributed by atoms with van der Waals surface area (Å²) in [6.07, 6.45) is 4.83. The molecule has 1 aromatic rings. The molecule has 0 bridgehead atoms. The molecule has 0 unspecified atom stereocenters. The molecule has 4 heteroatoms. The first-order chi connectivity index (χ1) is 9.15. The van der Waals surface area contributed by atoms with Gasteiger partial charge in [0.15, 0.2) is 0 Å². The molecule has 1 aromatic heterocycles. The number of pyridine rings is 1. The fourth-order valence-electron chi connectivity index (χ4n) is 2.35. The standard InChI is InChI=1S/C15H24ClN3/c1-4-12(5-2)19(3)15-9-8-13(16)14(18-15)10-17-11-6-7-11/h8-9,11-12,17H,4-7,10H2,1-3H3. The van der Waals surface area contributed by atoms with Gasteiger partial charge in [0.2, 0.25) is 0 Å². The van der Waals surface area contributed by atoms with Crippen LogP contribution in [0, 0.1) is 0 Å². The summed E-state index contributed by atoms with van der Waals surface area (Å²) in [7, 11) is 2.12. The third-order valence-electron chi connectivity index (χ3n) is 3.89. The van der Waals surface area contributed by atoms with Crippen LogP contribution in [0.5, 0.6) is 0 Å². The Kier molecular flexibility index (Phi) is 5.06. The van der Waals surface area contributed by atoms with Crippen molar-refractivity contribution in [2.45, 2.75) is 58.2 Å². The number of hydrogen-bond acceptors (Lipinski definition) is 3. The first-order valence-electron chi connectivity index (χ1n) is 7.27. The molecule has 1 aliphatic rings. The molecule has 0 radical (unpaired) electrons. The predicted molar refractivity (Wildman–Crippen MR) is 81.9 cm³/mol. The number of rotatable bonds is 7. The Morgan fingerprint density at radius 2 is 2.05 bits per heavy atom. The highest BCUT2D eigenvalue weighted by molar-refractivity contribution is 6.31. The van der Waals surface area contributed by atoms with E-state index in [1.807, 2.05) is 12.1 Å². The molecule has 106 valence electrons. The van der Waals surface area contributed by atoms with E-state index < -0.39 is 0 Å². The van der Waals surface area contributed by atoms with Crippen molar-refractivity contribution in [1.82, 2.24) is 10.3 Å². The Labute approximate surface area is 121 Å². The summed E-state index contributed by atoms with van der Waals surface area (Å²) in [5.41, 5.74) is 0.962. The van der Waals surface area contributed by atoms with Gasteiger partial charge in [0, 0.05) is 25.7 Å². The largest absolute Gasteiger partial charge is 0.357 e. The minimum absolute atomic E-state index is 0.540. The quantitative estimate of drug-likeness (QED) is 0.827. The molecular weight excluding hydrogens is 258 g/mol. The molecule has 0 atom stereocenters. The van der Waals surface area contributed by atoms with Crippen molar-refractivity contribution >= 4 is 17.4 Å². The molecule has 1 heterocycles. The Hall–Kier alpha value is -0.800. The number of hydrogen-bond donors (Lipinski definition) is 1. The van der Waals surface area contributed by atoms with Gasteiger partial charge in [-0.2, -0.15) is 0 Å². The molecule has 0 amide bonds. The molecule has 1 fully saturated rings. The second kappa shape index (κ2) is 6.58. The lowest BCUT2D eigenvalue weighted by molar-refractivity contribution is 0.584. The van der Waals surface area contributed by atoms with Crippen LogP contribution in [0.15, 0.2) is 12.1 Å². The first-order valence-corrected chi connectivity index (χ1v) is 7.65. The summed E-state index contributed by atoms with van der Waals surface area (Å²) in [5, 5.41) is 4.23. The van der Waals surface area contributed by atoms with E-state index in [-0.39, 0.29) is 0 Å². The van der Waals surface area contributed by atoms with Crippen LogP contribution >= 0.6 is 11.6 Å². The number of nitrogens with zero attached hydrogens (tertiary/aromatic N) is 2. The fourth-order valence-corrected chi connectivity index (χ4v) is 2.52. The lowest BCUT2D eigenvalue weighted by Gasteiger charge is -2.27. The van der Waals surface area contributed by atoms with Gasteiger partial charge in [-0.3, -0.25) is 0 Å². The highest BCUT2D eigenvalue weighted by atomic mass is 35.5. The van der Waals surface area contributed by atoms with Crippen molar-refractivity contribution < 1.29 is 0 Å². The van der Waals surface area contributed by atoms with Crippen LogP contribution < -0.4 is 10.2 Å². The van der Waals surface area contributed by atoms with Crippen LogP contribution in [-0.4, -0.2) is 24.1 Å². The van der Waals surface area contributed by atoms with E-state index in [0.717, 1.165) is 35.9 Å². The van der Waals surface area contributed by atoms with Crippen molar-refractivity contribution in [3.8, 4) is 0 Å². The van der Waals surface area contributed by atoms with Crippen molar-refractivity contribution in [2.24, 2.45) is 0 Å². The molecule has 0 aliphatic heterocycles. The lowest BCUT2D eigenvalue weighted by atomic mass is 10.1. The van der Waals surface area contributed by atoms with Crippen molar-refractivity contribution in [3.63, 3.8) is 0 Å². The first kappa shape index (κ1) is 14.6. The molecule has 1 N–H and O–H groups in total. The average Bonchev–Trinajstić information content (AvgIpc) is 3.23. The van der Waals surface area contributed by atoms with Crippen molar-refractivity contribution in [3.05, 3.63) is 22.8 Å². The number of nitrogens with one attached hydrogen (secondary N) is 1. The summed E-state index contributed by atoms with van der Waals surface area (Å²) in [6, 6.07) is 5.20. The molecule has 0 aromatic carbocycles. The van der Waals surface area contributed by atoms with E-state index in [1.54, 1.807) is 0 Å². The van der Waals surface area contributed by atoms with Crippen LogP contribution in [0.2, 0.25) is 5.02 Å². The van der Waals surface area contributed by atoms with Crippen LogP contribution in [0.3, 0.4) is 0 Å². The summed E-state index contributed by atoms with van der Waals surface area (Å²) in [5.74, 6) is 1.02. The monoisotopic (exact) mass is 281 g/mol. The second-order valence-corrected chi connectivity index (χ2v) is 5.74. The Balaban J connectivity index is 2.09. The van der Waals surface area contributed by atoms with E-state index in [1.165, 1.54) is 12.8 Å². The van der Waals surface area contributed by atoms with E-state index >= 15 is 0 Å². The van der Waals surface area contributed by atoms with Gasteiger partial charge < -0.3 is 10.2 Å². The zero-order chi connectivity index (χ0) is 13.8. The molecule has 2 rings (SSSR count). The summed E-state index contributed by atoms with van der Waals surface area (Å²) >= 11 is 6.23. The average molecular weight is 282 g/mol. The highest BCUT2D eigenvalue weighted by Crippen LogP contribution is 2.23. The summed E-state index contributed by atoms with van der Waals surface area (Å²) < 4.78 is 0. The van der Waals surface area contributed by atoms with Crippen molar-refractivity contribution in [1.29, 1.82) is 0 Å². The maximum Gasteiger partial charge on any atom is 0.128 e. The molecule has 1 saturated carbocycles. The topological polar surface area (TPSA) is 28.2 Å². The normalized spacial score (nSPS) is 15.0. The van der Waals surface area contributed by atoms with E-state index in [0.29, 0.717) is 12.1 Å². The van der Waals surface area contributed by atoms with Gasteiger partial charge in [-0.05, 0) is 37.8 Å². The Morgan fingerprint density at radius 1 is 1.37 bits per heavy atom. The zero-order valence-corrected chi connectivity index (χ0v) is 12.9. The van der Waals surface area contributed by atoms with Gasteiger partial charge in [-0.15, -0.1) is 0 Å². The Bertz CT molecular complexity index is 414. The SMILES string of the molecule is CCC(CC)N(C)c1ccc(Cl)c(CNC2CC2)n1. The van der Waals surface area contributed by atoms with Gasteiger partial charge >= 0.3 is 0 Å². The van der Waals surface area contributed by atoms with Gasteiger partial charge in [0.05, 0.1) is 10.7 Å². The number of anilines is 1. The lowest BCUT2D eigenvalue weighted by Crippen LogP contribution is -2.31. The third-order valence-corrected chi connectivity index (χ3v) is 4.24. The minimum Gasteiger partial charge on any atom is -0.357 e. The smallest absolute Gasteiger partial charge is 0.128 e. The highest BCUT2D eigenvalue weighted by Gasteiger charge is 2.21. The molecule has 3 nitrogen and oxygen atoms in total. The number of aromatic nitrogens is 1. The third kappa shape index (κ3) is 3.83. The van der Waals surface area contributed by atoms with E-state index in [2.05, 4.69) is 31.1 Å². The summed E-state index contributed by atoms with van der Waals surface area (Å²) in [6.45, 7) is 5.21. The van der Waals surface area contributed by atoms with Crippen LogP contribution in [-0.2, 0) is 6.54 Å². The minimum atomic E-state index is 0.540. The molecule has 1 aliphatic carbocycles. The van der Waals surface area contributed by atoms with Gasteiger partial charge in [0.1, 0.15) is 5.82 Å².